The van der Waals surface area contributed by atoms with Crippen molar-refractivity contribution in [1.29, 1.82) is 0 Å². The Hall–Kier alpha value is -2.65. The molecule has 138 valence electrons. The van der Waals surface area contributed by atoms with Gasteiger partial charge in [-0.05, 0) is 48.0 Å². The quantitative estimate of drug-likeness (QED) is 0.751. The third-order valence-electron chi connectivity index (χ3n) is 3.37. The van der Waals surface area contributed by atoms with Crippen LogP contribution in [0.25, 0.3) is 0 Å². The predicted octanol–water partition coefficient (Wildman–Crippen LogP) is 3.31. The Bertz CT molecular complexity index is 890. The molecule has 9 heteroatoms. The smallest absolute Gasteiger partial charge is 0.323 e. The van der Waals surface area contributed by atoms with Crippen molar-refractivity contribution in [1.82, 2.24) is 4.72 Å². The number of anilines is 1. The number of halogens is 3. The lowest BCUT2D eigenvalue weighted by molar-refractivity contribution is -0.137. The van der Waals surface area contributed by atoms with Crippen molar-refractivity contribution in [2.45, 2.75) is 17.6 Å². The number of rotatable bonds is 6. The average molecular weight is 384 g/mol. The molecule has 2 aromatic rings. The number of hydrogen-bond donors (Lipinski definition) is 2. The van der Waals surface area contributed by atoms with Gasteiger partial charge in [-0.3, -0.25) is 4.79 Å². The first-order valence-electron chi connectivity index (χ1n) is 7.31. The summed E-state index contributed by atoms with van der Waals surface area (Å²) in [6.07, 6.45) is -3.36. The van der Waals surface area contributed by atoms with Gasteiger partial charge in [0.05, 0.1) is 10.5 Å². The van der Waals surface area contributed by atoms with E-state index in [1.54, 1.807) is 0 Å². The monoisotopic (exact) mass is 384 g/mol. The number of carbonyl (C=O) groups is 1. The van der Waals surface area contributed by atoms with Crippen molar-refractivity contribution in [2.24, 2.45) is 0 Å². The molecular weight excluding hydrogens is 369 g/mol. The maximum atomic E-state index is 12.5. The molecule has 26 heavy (non-hydrogen) atoms. The average Bonchev–Trinajstić information content (AvgIpc) is 2.60. The molecular formula is C17H15F3N2O3S. The molecule has 2 N–H and O–H groups in total. The summed E-state index contributed by atoms with van der Waals surface area (Å²) in [5.74, 6) is -0.430. The van der Waals surface area contributed by atoms with Crippen LogP contribution >= 0.6 is 0 Å². The van der Waals surface area contributed by atoms with E-state index < -0.39 is 27.7 Å². The van der Waals surface area contributed by atoms with Gasteiger partial charge in [-0.1, -0.05) is 18.7 Å². The number of carbonyl (C=O) groups excluding carboxylic acids is 1. The lowest BCUT2D eigenvalue weighted by Crippen LogP contribution is -2.23. The number of alkyl halides is 3. The number of amides is 1. The third kappa shape index (κ3) is 5.17. The maximum Gasteiger partial charge on any atom is 0.416 e. The Labute approximate surface area is 148 Å². The molecule has 0 aliphatic rings. The van der Waals surface area contributed by atoms with E-state index in [1.807, 2.05) is 0 Å². The minimum Gasteiger partial charge on any atom is -0.323 e. The Kier molecular flexibility index (Phi) is 5.83. The van der Waals surface area contributed by atoms with Gasteiger partial charge in [-0.25, -0.2) is 13.1 Å². The minimum absolute atomic E-state index is 0.0407. The first-order chi connectivity index (χ1) is 12.1. The van der Waals surface area contributed by atoms with Gasteiger partial charge in [0.2, 0.25) is 15.9 Å². The highest BCUT2D eigenvalue weighted by Crippen LogP contribution is 2.29. The summed E-state index contributed by atoms with van der Waals surface area (Å²) in [5, 5.41) is 2.48. The summed E-state index contributed by atoms with van der Waals surface area (Å²) in [6, 6.07) is 9.61. The van der Waals surface area contributed by atoms with E-state index in [1.165, 1.54) is 36.4 Å². The molecule has 0 unspecified atom stereocenters. The van der Waals surface area contributed by atoms with Gasteiger partial charge in [0, 0.05) is 12.2 Å². The van der Waals surface area contributed by atoms with Crippen LogP contribution in [0.5, 0.6) is 0 Å². The molecule has 0 aliphatic heterocycles. The minimum atomic E-state index is -4.44. The molecule has 0 radical (unpaired) electrons. The fourth-order valence-corrected chi connectivity index (χ4v) is 3.00. The molecule has 2 aromatic carbocycles. The van der Waals surface area contributed by atoms with Crippen molar-refractivity contribution in [3.63, 3.8) is 0 Å². The lowest BCUT2D eigenvalue weighted by Gasteiger charge is -2.10. The van der Waals surface area contributed by atoms with E-state index in [0.29, 0.717) is 11.3 Å². The normalized spacial score (nSPS) is 11.8. The van der Waals surface area contributed by atoms with Gasteiger partial charge >= 0.3 is 6.18 Å². The van der Waals surface area contributed by atoms with Crippen molar-refractivity contribution >= 4 is 21.6 Å². The van der Waals surface area contributed by atoms with Gasteiger partial charge in [0.15, 0.2) is 0 Å². The summed E-state index contributed by atoms with van der Waals surface area (Å²) in [7, 11) is -3.85. The van der Waals surface area contributed by atoms with Crippen LogP contribution in [0.15, 0.2) is 66.1 Å². The van der Waals surface area contributed by atoms with Gasteiger partial charge in [-0.2, -0.15) is 13.2 Å². The Balaban J connectivity index is 2.04. The van der Waals surface area contributed by atoms with E-state index in [4.69, 9.17) is 0 Å². The predicted molar refractivity (Wildman–Crippen MR) is 90.7 cm³/mol. The van der Waals surface area contributed by atoms with Crippen LogP contribution in [0, 0.1) is 0 Å². The molecule has 0 aliphatic carbocycles. The number of nitrogens with one attached hydrogen (secondary N) is 2. The van der Waals surface area contributed by atoms with E-state index >= 15 is 0 Å². The van der Waals surface area contributed by atoms with Gasteiger partial charge in [0.25, 0.3) is 0 Å². The molecule has 0 heterocycles. The first kappa shape index (κ1) is 19.7. The number of hydrogen-bond acceptors (Lipinski definition) is 3. The van der Waals surface area contributed by atoms with Crippen molar-refractivity contribution in [3.8, 4) is 0 Å². The van der Waals surface area contributed by atoms with Crippen LogP contribution in [0.2, 0.25) is 0 Å². The van der Waals surface area contributed by atoms with Crippen LogP contribution in [0.4, 0.5) is 18.9 Å². The van der Waals surface area contributed by atoms with Crippen molar-refractivity contribution in [2.75, 3.05) is 5.32 Å². The van der Waals surface area contributed by atoms with E-state index in [9.17, 15) is 26.4 Å². The van der Waals surface area contributed by atoms with E-state index in [-0.39, 0.29) is 11.4 Å². The highest BCUT2D eigenvalue weighted by molar-refractivity contribution is 7.89. The van der Waals surface area contributed by atoms with E-state index in [0.717, 1.165) is 18.2 Å². The molecule has 0 aromatic heterocycles. The summed E-state index contributed by atoms with van der Waals surface area (Å²) in [6.45, 7) is 3.15. The molecule has 1 amide bonds. The fraction of sp³-hybridized carbons (Fsp3) is 0.118. The van der Waals surface area contributed by atoms with Crippen molar-refractivity contribution in [3.05, 3.63) is 72.3 Å². The van der Waals surface area contributed by atoms with Gasteiger partial charge in [-0.15, -0.1) is 0 Å². The molecule has 0 saturated heterocycles. The van der Waals surface area contributed by atoms with Gasteiger partial charge in [0.1, 0.15) is 0 Å². The molecule has 0 spiro atoms. The molecule has 2 rings (SSSR count). The summed E-state index contributed by atoms with van der Waals surface area (Å²) >= 11 is 0. The zero-order valence-electron chi connectivity index (χ0n) is 13.4. The van der Waals surface area contributed by atoms with Gasteiger partial charge < -0.3 is 5.32 Å². The maximum absolute atomic E-state index is 12.5. The summed E-state index contributed by atoms with van der Waals surface area (Å²) in [5.41, 5.74) is -0.0192. The van der Waals surface area contributed by atoms with E-state index in [2.05, 4.69) is 16.6 Å². The highest BCUT2D eigenvalue weighted by Gasteiger charge is 2.29. The SMILES string of the molecule is C=CC(=O)Nc1ccc(S(=O)(=O)NCc2ccc(C(F)(F)F)cc2)cc1. The third-order valence-corrected chi connectivity index (χ3v) is 4.78. The molecule has 0 fully saturated rings. The topological polar surface area (TPSA) is 75.3 Å². The Morgan fingerprint density at radius 1 is 1.04 bits per heavy atom. The van der Waals surface area contributed by atoms with Crippen LogP contribution in [0.3, 0.4) is 0 Å². The lowest BCUT2D eigenvalue weighted by atomic mass is 10.1. The zero-order valence-corrected chi connectivity index (χ0v) is 14.2. The second-order valence-electron chi connectivity index (χ2n) is 5.24. The number of benzene rings is 2. The van der Waals surface area contributed by atoms with Crippen LogP contribution in [0.1, 0.15) is 11.1 Å². The van der Waals surface area contributed by atoms with Crippen LogP contribution < -0.4 is 10.0 Å². The largest absolute Gasteiger partial charge is 0.416 e. The zero-order chi connectivity index (χ0) is 19.4. The Morgan fingerprint density at radius 2 is 1.62 bits per heavy atom. The summed E-state index contributed by atoms with van der Waals surface area (Å²) < 4.78 is 64.3. The second-order valence-corrected chi connectivity index (χ2v) is 7.00. The highest BCUT2D eigenvalue weighted by atomic mass is 32.2. The standard InChI is InChI=1S/C17H15F3N2O3S/c1-2-16(23)22-14-7-9-15(10-8-14)26(24,25)21-11-12-3-5-13(6-4-12)17(18,19)20/h2-10,21H,1,11H2,(H,22,23). The molecule has 0 atom stereocenters. The van der Waals surface area contributed by atoms with Crippen molar-refractivity contribution < 1.29 is 26.4 Å². The molecule has 5 nitrogen and oxygen atoms in total. The fourth-order valence-electron chi connectivity index (χ4n) is 1.98. The Morgan fingerprint density at radius 3 is 2.12 bits per heavy atom. The summed E-state index contributed by atoms with van der Waals surface area (Å²) in [4.78, 5) is 11.1. The first-order valence-corrected chi connectivity index (χ1v) is 8.79. The van der Waals surface area contributed by atoms with Crippen LogP contribution in [-0.4, -0.2) is 14.3 Å². The molecule has 0 bridgehead atoms. The molecule has 0 saturated carbocycles. The second kappa shape index (κ2) is 7.71. The van der Waals surface area contributed by atoms with Crippen LogP contribution in [-0.2, 0) is 27.5 Å². The number of sulfonamides is 1.